The Hall–Kier alpha value is -2.19. The summed E-state index contributed by atoms with van der Waals surface area (Å²) >= 11 is 3.12. The van der Waals surface area contributed by atoms with Crippen LogP contribution in [-0.2, 0) is 0 Å². The Kier molecular flexibility index (Phi) is 3.93. The van der Waals surface area contributed by atoms with Gasteiger partial charge in [-0.1, -0.05) is 22.0 Å². The van der Waals surface area contributed by atoms with E-state index in [1.54, 1.807) is 24.3 Å². The minimum Gasteiger partial charge on any atom is -0.322 e. The summed E-state index contributed by atoms with van der Waals surface area (Å²) in [7, 11) is 0. The van der Waals surface area contributed by atoms with E-state index >= 15 is 0 Å². The average molecular weight is 319 g/mol. The zero-order chi connectivity index (χ0) is 13.8. The van der Waals surface area contributed by atoms with Crippen molar-refractivity contribution in [2.75, 3.05) is 5.32 Å². The van der Waals surface area contributed by atoms with Crippen molar-refractivity contribution in [1.29, 1.82) is 5.26 Å². The topological polar surface area (TPSA) is 52.9 Å². The van der Waals surface area contributed by atoms with Gasteiger partial charge in [-0.3, -0.25) is 4.79 Å². The Morgan fingerprint density at radius 3 is 2.74 bits per heavy atom. The van der Waals surface area contributed by atoms with Crippen molar-refractivity contribution in [3.63, 3.8) is 0 Å². The SMILES string of the molecule is N#Cc1cccc(NC(=O)c2ccc(Br)cc2F)c1. The number of carbonyl (C=O) groups excluding carboxylic acids is 1. The van der Waals surface area contributed by atoms with Crippen molar-refractivity contribution in [3.8, 4) is 6.07 Å². The Morgan fingerprint density at radius 2 is 2.05 bits per heavy atom. The Bertz CT molecular complexity index is 679. The summed E-state index contributed by atoms with van der Waals surface area (Å²) in [6.45, 7) is 0. The van der Waals surface area contributed by atoms with Gasteiger partial charge in [-0.15, -0.1) is 0 Å². The van der Waals surface area contributed by atoms with Gasteiger partial charge >= 0.3 is 0 Å². The first-order valence-electron chi connectivity index (χ1n) is 5.37. The summed E-state index contributed by atoms with van der Waals surface area (Å²) in [6, 6.07) is 12.6. The Balaban J connectivity index is 2.23. The molecule has 0 atom stereocenters. The molecule has 0 aliphatic carbocycles. The molecule has 0 heterocycles. The maximum absolute atomic E-state index is 13.6. The van der Waals surface area contributed by atoms with Crippen molar-refractivity contribution in [3.05, 3.63) is 63.9 Å². The highest BCUT2D eigenvalue weighted by Crippen LogP contribution is 2.17. The van der Waals surface area contributed by atoms with Crippen molar-refractivity contribution >= 4 is 27.5 Å². The molecule has 0 aliphatic heterocycles. The van der Waals surface area contributed by atoms with Crippen molar-refractivity contribution < 1.29 is 9.18 Å². The molecule has 0 spiro atoms. The van der Waals surface area contributed by atoms with Gasteiger partial charge in [-0.25, -0.2) is 4.39 Å². The number of hydrogen-bond acceptors (Lipinski definition) is 2. The van der Waals surface area contributed by atoms with E-state index in [9.17, 15) is 9.18 Å². The van der Waals surface area contributed by atoms with E-state index in [0.717, 1.165) is 0 Å². The van der Waals surface area contributed by atoms with Crippen LogP contribution in [0.3, 0.4) is 0 Å². The normalized spacial score (nSPS) is 9.74. The fourth-order valence-electron chi connectivity index (χ4n) is 1.54. The lowest BCUT2D eigenvalue weighted by Crippen LogP contribution is -2.13. The molecule has 1 amide bonds. The second-order valence-corrected chi connectivity index (χ2v) is 4.69. The highest BCUT2D eigenvalue weighted by atomic mass is 79.9. The standard InChI is InChI=1S/C14H8BrFN2O/c15-10-4-5-12(13(16)7-10)14(19)18-11-3-1-2-9(6-11)8-17/h1-7H,(H,18,19). The largest absolute Gasteiger partial charge is 0.322 e. The number of rotatable bonds is 2. The number of amides is 1. The molecule has 5 heteroatoms. The molecular weight excluding hydrogens is 311 g/mol. The third-order valence-electron chi connectivity index (χ3n) is 2.43. The van der Waals surface area contributed by atoms with Gasteiger partial charge in [-0.2, -0.15) is 5.26 Å². The van der Waals surface area contributed by atoms with Crippen LogP contribution >= 0.6 is 15.9 Å². The van der Waals surface area contributed by atoms with E-state index in [4.69, 9.17) is 5.26 Å². The van der Waals surface area contributed by atoms with E-state index in [2.05, 4.69) is 21.2 Å². The van der Waals surface area contributed by atoms with Crippen molar-refractivity contribution in [1.82, 2.24) is 0 Å². The molecule has 94 valence electrons. The first kappa shape index (κ1) is 13.2. The second-order valence-electron chi connectivity index (χ2n) is 3.77. The highest BCUT2D eigenvalue weighted by molar-refractivity contribution is 9.10. The van der Waals surface area contributed by atoms with Gasteiger partial charge in [0.15, 0.2) is 0 Å². The Morgan fingerprint density at radius 1 is 1.26 bits per heavy atom. The molecule has 3 nitrogen and oxygen atoms in total. The quantitative estimate of drug-likeness (QED) is 0.917. The van der Waals surface area contributed by atoms with Gasteiger partial charge in [0.1, 0.15) is 5.82 Å². The van der Waals surface area contributed by atoms with Gasteiger partial charge in [-0.05, 0) is 36.4 Å². The molecule has 0 aliphatic rings. The third-order valence-corrected chi connectivity index (χ3v) is 2.92. The van der Waals surface area contributed by atoms with Crippen LogP contribution in [0.5, 0.6) is 0 Å². The first-order chi connectivity index (χ1) is 9.10. The Labute approximate surface area is 117 Å². The summed E-state index contributed by atoms with van der Waals surface area (Å²) in [5.74, 6) is -1.16. The number of nitrogens with zero attached hydrogens (tertiary/aromatic N) is 1. The predicted octanol–water partition coefficient (Wildman–Crippen LogP) is 3.71. The van der Waals surface area contributed by atoms with Gasteiger partial charge in [0.2, 0.25) is 0 Å². The lowest BCUT2D eigenvalue weighted by molar-refractivity contribution is 0.102. The fourth-order valence-corrected chi connectivity index (χ4v) is 1.87. The van der Waals surface area contributed by atoms with Gasteiger partial charge in [0, 0.05) is 10.2 Å². The summed E-state index contributed by atoms with van der Waals surface area (Å²) < 4.78 is 14.2. The van der Waals surface area contributed by atoms with E-state index in [1.807, 2.05) is 6.07 Å². The summed E-state index contributed by atoms with van der Waals surface area (Å²) in [6.07, 6.45) is 0. The fraction of sp³-hybridized carbons (Fsp3) is 0. The van der Waals surface area contributed by atoms with Crippen LogP contribution in [0.4, 0.5) is 10.1 Å². The zero-order valence-corrected chi connectivity index (χ0v) is 11.2. The summed E-state index contributed by atoms with van der Waals surface area (Å²) in [5.41, 5.74) is 0.825. The second kappa shape index (κ2) is 5.63. The zero-order valence-electron chi connectivity index (χ0n) is 9.65. The smallest absolute Gasteiger partial charge is 0.258 e. The molecule has 19 heavy (non-hydrogen) atoms. The molecule has 0 aromatic heterocycles. The van der Waals surface area contributed by atoms with Crippen LogP contribution in [0, 0.1) is 17.1 Å². The van der Waals surface area contributed by atoms with Crippen LogP contribution in [-0.4, -0.2) is 5.91 Å². The molecule has 2 aromatic carbocycles. The van der Waals surface area contributed by atoms with Crippen LogP contribution in [0.25, 0.3) is 0 Å². The summed E-state index contributed by atoms with van der Waals surface area (Å²) in [4.78, 5) is 11.9. The van der Waals surface area contributed by atoms with Crippen molar-refractivity contribution in [2.45, 2.75) is 0 Å². The van der Waals surface area contributed by atoms with Crippen LogP contribution < -0.4 is 5.32 Å². The molecule has 0 saturated carbocycles. The van der Waals surface area contributed by atoms with Gasteiger partial charge in [0.25, 0.3) is 5.91 Å². The lowest BCUT2D eigenvalue weighted by atomic mass is 10.1. The molecule has 0 fully saturated rings. The molecular formula is C14H8BrFN2O. The van der Waals surface area contributed by atoms with E-state index in [0.29, 0.717) is 15.7 Å². The van der Waals surface area contributed by atoms with Crippen molar-refractivity contribution in [2.24, 2.45) is 0 Å². The molecule has 0 radical (unpaired) electrons. The van der Waals surface area contributed by atoms with E-state index < -0.39 is 11.7 Å². The minimum absolute atomic E-state index is 0.0504. The molecule has 0 unspecified atom stereocenters. The summed E-state index contributed by atoms with van der Waals surface area (Å²) in [5, 5.41) is 11.3. The van der Waals surface area contributed by atoms with Crippen LogP contribution in [0.15, 0.2) is 46.9 Å². The maximum Gasteiger partial charge on any atom is 0.258 e. The monoisotopic (exact) mass is 318 g/mol. The predicted molar refractivity (Wildman–Crippen MR) is 73.2 cm³/mol. The molecule has 1 N–H and O–H groups in total. The van der Waals surface area contributed by atoms with Crippen LogP contribution in [0.2, 0.25) is 0 Å². The number of nitriles is 1. The molecule has 0 bridgehead atoms. The van der Waals surface area contributed by atoms with E-state index in [1.165, 1.54) is 18.2 Å². The van der Waals surface area contributed by atoms with Gasteiger partial charge in [0.05, 0.1) is 17.2 Å². The van der Waals surface area contributed by atoms with Crippen LogP contribution in [0.1, 0.15) is 15.9 Å². The number of anilines is 1. The van der Waals surface area contributed by atoms with Gasteiger partial charge < -0.3 is 5.32 Å². The molecule has 0 saturated heterocycles. The lowest BCUT2D eigenvalue weighted by Gasteiger charge is -2.06. The third kappa shape index (κ3) is 3.18. The molecule has 2 rings (SSSR count). The number of hydrogen-bond donors (Lipinski definition) is 1. The number of benzene rings is 2. The average Bonchev–Trinajstić information content (AvgIpc) is 2.38. The number of nitrogens with one attached hydrogen (secondary N) is 1. The maximum atomic E-state index is 13.6. The number of halogens is 2. The number of carbonyl (C=O) groups is 1. The molecule has 2 aromatic rings. The highest BCUT2D eigenvalue weighted by Gasteiger charge is 2.12. The first-order valence-corrected chi connectivity index (χ1v) is 6.16. The minimum atomic E-state index is -0.608. The van der Waals surface area contributed by atoms with E-state index in [-0.39, 0.29) is 5.56 Å².